The highest BCUT2D eigenvalue weighted by Crippen LogP contribution is 2.91. The molecule has 4 atom stereocenters. The number of hydrogen-bond acceptors (Lipinski definition) is 9. The van der Waals surface area contributed by atoms with E-state index in [-0.39, 0.29) is 39.6 Å². The van der Waals surface area contributed by atoms with Crippen LogP contribution >= 0.6 is 0 Å². The minimum Gasteiger partial charge on any atom is -0.508 e. The molecule has 4 aliphatic carbocycles. The second-order valence-corrected chi connectivity index (χ2v) is 15.4. The summed E-state index contributed by atoms with van der Waals surface area (Å²) in [4.78, 5) is 18.7. The highest BCUT2D eigenvalue weighted by Gasteiger charge is 2.94. The summed E-state index contributed by atoms with van der Waals surface area (Å²) < 4.78 is 38.0. The molecule has 252 valence electrons. The zero-order chi connectivity index (χ0) is 33.4. The molecule has 2 aliphatic heterocycles. The number of hydrogen-bond donors (Lipinski definition) is 3. The fourth-order valence-corrected chi connectivity index (χ4v) is 11.8. The molecular formula is C38H39F2N7O2. The number of phenols is 1. The molecule has 4 saturated carbocycles. The Morgan fingerprint density at radius 3 is 2.57 bits per heavy atom. The van der Waals surface area contributed by atoms with Crippen molar-refractivity contribution in [1.29, 1.82) is 0 Å². The van der Waals surface area contributed by atoms with Crippen molar-refractivity contribution in [3.05, 3.63) is 47.7 Å². The van der Waals surface area contributed by atoms with Crippen molar-refractivity contribution in [1.82, 2.24) is 30.5 Å². The number of likely N-dealkylation sites (N-methyl/N-ethyl adjacent to an activating group) is 1. The molecule has 0 amide bonds. The second-order valence-electron chi connectivity index (χ2n) is 15.4. The van der Waals surface area contributed by atoms with E-state index in [2.05, 4.69) is 50.4 Å². The average molecular weight is 664 g/mol. The van der Waals surface area contributed by atoms with Crippen molar-refractivity contribution in [2.24, 2.45) is 17.3 Å². The van der Waals surface area contributed by atoms with Gasteiger partial charge in [-0.25, -0.2) is 8.78 Å². The molecule has 0 radical (unpaired) electrons. The number of rotatable bonds is 8. The van der Waals surface area contributed by atoms with E-state index in [0.717, 1.165) is 44.3 Å². The average Bonchev–Trinajstić information content (AvgIpc) is 3.40. The number of nitrogens with one attached hydrogen (secondary N) is 2. The summed E-state index contributed by atoms with van der Waals surface area (Å²) in [5.74, 6) is 3.22. The first-order chi connectivity index (χ1) is 23.7. The Hall–Kier alpha value is -4.11. The number of aromatic nitrogens is 3. The van der Waals surface area contributed by atoms with Crippen LogP contribution in [0.3, 0.4) is 0 Å². The molecule has 6 aliphatic rings. The summed E-state index contributed by atoms with van der Waals surface area (Å²) in [6.45, 7) is 2.55. The van der Waals surface area contributed by atoms with Gasteiger partial charge in [0.2, 0.25) is 0 Å². The topological polar surface area (TPSA) is 98.7 Å². The lowest BCUT2D eigenvalue weighted by Crippen LogP contribution is -3.01. The molecule has 4 aromatic rings. The van der Waals surface area contributed by atoms with Gasteiger partial charge in [-0.15, -0.1) is 6.42 Å². The largest absolute Gasteiger partial charge is 0.508 e. The number of ether oxygens (including phenoxy) is 1. The Morgan fingerprint density at radius 1 is 1.12 bits per heavy atom. The van der Waals surface area contributed by atoms with E-state index < -0.39 is 11.6 Å². The molecular weight excluding hydrogens is 624 g/mol. The lowest BCUT2D eigenvalue weighted by Gasteiger charge is -2.96. The van der Waals surface area contributed by atoms with Crippen LogP contribution in [0.5, 0.6) is 11.8 Å². The molecule has 2 saturated heterocycles. The number of piperazine rings is 1. The Kier molecular flexibility index (Phi) is 6.07. The van der Waals surface area contributed by atoms with Crippen molar-refractivity contribution in [3.8, 4) is 35.4 Å². The van der Waals surface area contributed by atoms with Gasteiger partial charge >= 0.3 is 6.01 Å². The van der Waals surface area contributed by atoms with Gasteiger partial charge in [-0.05, 0) is 88.0 Å². The van der Waals surface area contributed by atoms with Crippen LogP contribution in [0.4, 0.5) is 14.6 Å². The first-order valence-electron chi connectivity index (χ1n) is 17.5. The predicted octanol–water partition coefficient (Wildman–Crippen LogP) is 4.59. The first kappa shape index (κ1) is 29.8. The predicted molar refractivity (Wildman–Crippen MR) is 182 cm³/mol. The third-order valence-corrected chi connectivity index (χ3v) is 13.7. The number of phenolic OH excluding ortho intramolecular Hbond substituents is 1. The Balaban J connectivity index is 1.02. The highest BCUT2D eigenvalue weighted by molar-refractivity contribution is 6.03. The maximum Gasteiger partial charge on any atom is 0.319 e. The molecule has 49 heavy (non-hydrogen) atoms. The van der Waals surface area contributed by atoms with Gasteiger partial charge in [0.15, 0.2) is 5.82 Å². The quantitative estimate of drug-likeness (QED) is 0.234. The van der Waals surface area contributed by atoms with E-state index in [0.29, 0.717) is 51.6 Å². The number of fused-ring (bicyclic) bond motifs is 4. The molecule has 6 fully saturated rings. The summed E-state index contributed by atoms with van der Waals surface area (Å²) in [5, 5.41) is 19.2. The number of nitrogens with zero attached hydrogens (tertiary/aromatic N) is 5. The summed E-state index contributed by atoms with van der Waals surface area (Å²) in [7, 11) is 4.34. The minimum atomic E-state index is -0.710. The lowest BCUT2D eigenvalue weighted by atomic mass is 9.12. The lowest BCUT2D eigenvalue weighted by molar-refractivity contribution is -0.438. The van der Waals surface area contributed by atoms with E-state index in [1.807, 2.05) is 0 Å². The summed E-state index contributed by atoms with van der Waals surface area (Å²) in [5.41, 5.74) is 1.10. The van der Waals surface area contributed by atoms with E-state index in [9.17, 15) is 9.50 Å². The maximum absolute atomic E-state index is 16.9. The van der Waals surface area contributed by atoms with Crippen LogP contribution in [-0.2, 0) is 0 Å². The number of pyridine rings is 1. The first-order valence-corrected chi connectivity index (χ1v) is 17.5. The minimum absolute atomic E-state index is 0.0213. The number of terminal acetylenes is 1. The summed E-state index contributed by atoms with van der Waals surface area (Å²) in [6.07, 6.45) is 14.5. The molecule has 4 unspecified atom stereocenters. The van der Waals surface area contributed by atoms with Crippen LogP contribution in [0, 0.1) is 41.2 Å². The Labute approximate surface area is 283 Å². The van der Waals surface area contributed by atoms with Crippen LogP contribution in [-0.4, -0.2) is 88.5 Å². The van der Waals surface area contributed by atoms with Gasteiger partial charge in [-0.1, -0.05) is 12.0 Å². The van der Waals surface area contributed by atoms with Crippen LogP contribution in [0.15, 0.2) is 30.5 Å². The zero-order valence-electron chi connectivity index (χ0n) is 27.7. The monoisotopic (exact) mass is 663 g/mol. The summed E-state index contributed by atoms with van der Waals surface area (Å²) >= 11 is 0. The van der Waals surface area contributed by atoms with E-state index in [1.54, 1.807) is 6.20 Å². The third-order valence-electron chi connectivity index (χ3n) is 13.7. The van der Waals surface area contributed by atoms with Crippen molar-refractivity contribution in [2.75, 3.05) is 45.2 Å². The standard InChI is InChI=1S/C38H39F2N7O2/c1-4-26-29(39)8-5-20-11-25(48)12-27(30(20)26)32-31(40)33-28(17-42-32)34(47-18-23-6-7-24(19-47)43-23)45-35(44-33)49-10-9-46(3)37-15-21-13-36(41-2)14-22(16-37)38(21,36)37/h1,5,8,11-12,17,21-24,41,43,48H,6-7,9-10,13-16,18-19H2,2-3H3. The molecule has 9 nitrogen and oxygen atoms in total. The highest BCUT2D eigenvalue weighted by atomic mass is 19.1. The van der Waals surface area contributed by atoms with E-state index in [1.165, 1.54) is 49.9 Å². The smallest absolute Gasteiger partial charge is 0.319 e. The third kappa shape index (κ3) is 3.62. The normalized spacial score (nSPS) is 33.3. The SMILES string of the molecule is C#Cc1c(F)ccc2cc(O)cc(-c3ncc4c(N5CC6CCC(C5)N6)nc(OCCN(C)C56CC7CC8(NC)CC(C5)C786)nc4c3F)c12. The maximum atomic E-state index is 16.9. The van der Waals surface area contributed by atoms with Gasteiger partial charge in [0.25, 0.3) is 0 Å². The number of aromatic hydroxyl groups is 1. The Bertz CT molecular complexity index is 2110. The van der Waals surface area contributed by atoms with Gasteiger partial charge in [0.05, 0.1) is 10.9 Å². The fourth-order valence-electron chi connectivity index (χ4n) is 11.8. The zero-order valence-corrected chi connectivity index (χ0v) is 27.7. The molecule has 11 heteroatoms. The number of anilines is 1. The van der Waals surface area contributed by atoms with E-state index in [4.69, 9.17) is 16.1 Å². The van der Waals surface area contributed by atoms with Crippen LogP contribution in [0.2, 0.25) is 0 Å². The second kappa shape index (κ2) is 9.99. The van der Waals surface area contributed by atoms with Crippen LogP contribution in [0.1, 0.15) is 44.1 Å². The Morgan fingerprint density at radius 2 is 1.88 bits per heavy atom. The molecule has 2 aromatic carbocycles. The van der Waals surface area contributed by atoms with Crippen molar-refractivity contribution >= 4 is 27.5 Å². The summed E-state index contributed by atoms with van der Waals surface area (Å²) in [6, 6.07) is 6.36. The number of benzene rings is 2. The van der Waals surface area contributed by atoms with Gasteiger partial charge in [-0.2, -0.15) is 9.97 Å². The molecule has 2 aromatic heterocycles. The van der Waals surface area contributed by atoms with Crippen molar-refractivity contribution in [3.63, 3.8) is 0 Å². The molecule has 10 rings (SSSR count). The van der Waals surface area contributed by atoms with Gasteiger partial charge in [-0.3, -0.25) is 9.88 Å². The van der Waals surface area contributed by atoms with Gasteiger partial charge < -0.3 is 25.4 Å². The van der Waals surface area contributed by atoms with Crippen molar-refractivity contribution < 1.29 is 18.6 Å². The number of halogens is 2. The molecule has 1 spiro atoms. The van der Waals surface area contributed by atoms with Crippen molar-refractivity contribution in [2.45, 2.75) is 61.7 Å². The molecule has 3 N–H and O–H groups in total. The van der Waals surface area contributed by atoms with Gasteiger partial charge in [0.1, 0.15) is 35.2 Å². The van der Waals surface area contributed by atoms with Crippen LogP contribution < -0.4 is 20.3 Å². The van der Waals surface area contributed by atoms with Gasteiger partial charge in [0, 0.05) is 65.4 Å². The van der Waals surface area contributed by atoms with Crippen LogP contribution in [0.25, 0.3) is 32.9 Å². The van der Waals surface area contributed by atoms with E-state index >= 15 is 4.39 Å². The fraction of sp³-hybridized carbons (Fsp3) is 0.500. The molecule has 4 heterocycles. The molecule has 2 bridgehead atoms.